The summed E-state index contributed by atoms with van der Waals surface area (Å²) in [6.45, 7) is 0.966. The molecule has 2 rings (SSSR count). The molecule has 0 radical (unpaired) electrons. The molecule has 0 unspecified atom stereocenters. The van der Waals surface area contributed by atoms with Crippen LogP contribution < -0.4 is 11.1 Å². The average molecular weight is 296 g/mol. The van der Waals surface area contributed by atoms with Crippen LogP contribution in [0, 0.1) is 0 Å². The number of rotatable bonds is 6. The molecule has 0 heterocycles. The van der Waals surface area contributed by atoms with E-state index in [2.05, 4.69) is 17.3 Å². The molecule has 20 heavy (non-hydrogen) atoms. The zero-order valence-electron chi connectivity index (χ0n) is 11.9. The van der Waals surface area contributed by atoms with E-state index >= 15 is 0 Å². The first-order valence-electron chi connectivity index (χ1n) is 7.11. The van der Waals surface area contributed by atoms with Crippen molar-refractivity contribution in [1.29, 1.82) is 0 Å². The van der Waals surface area contributed by atoms with Gasteiger partial charge < -0.3 is 16.0 Å². The highest BCUT2D eigenvalue weighted by Gasteiger charge is 2.21. The van der Waals surface area contributed by atoms with Crippen molar-refractivity contribution in [3.05, 3.63) is 23.2 Å². The Morgan fingerprint density at radius 2 is 2.25 bits per heavy atom. The Morgan fingerprint density at radius 1 is 1.50 bits per heavy atom. The Hall–Kier alpha value is -1.26. The van der Waals surface area contributed by atoms with Gasteiger partial charge in [-0.2, -0.15) is 0 Å². The first-order valence-corrected chi connectivity index (χ1v) is 7.49. The van der Waals surface area contributed by atoms with E-state index < -0.39 is 0 Å². The fraction of sp³-hybridized carbons (Fsp3) is 0.533. The summed E-state index contributed by atoms with van der Waals surface area (Å²) in [6, 6.07) is 5.83. The van der Waals surface area contributed by atoms with Gasteiger partial charge in [-0.1, -0.05) is 18.0 Å². The standard InChI is InChI=1S/C15H22ClN3O/c1-19(12-4-2-5-12)9-3-6-15(20)18-14-8-7-11(17)10-13(14)16/h7-8,10,12H,2-6,9,17H2,1H3,(H,18,20). The van der Waals surface area contributed by atoms with Crippen molar-refractivity contribution < 1.29 is 4.79 Å². The molecular formula is C15H22ClN3O. The van der Waals surface area contributed by atoms with Crippen molar-refractivity contribution in [3.8, 4) is 0 Å². The summed E-state index contributed by atoms with van der Waals surface area (Å²) in [5.41, 5.74) is 6.83. The summed E-state index contributed by atoms with van der Waals surface area (Å²) in [4.78, 5) is 14.2. The van der Waals surface area contributed by atoms with Crippen molar-refractivity contribution in [1.82, 2.24) is 4.90 Å². The predicted octanol–water partition coefficient (Wildman–Crippen LogP) is 3.13. The van der Waals surface area contributed by atoms with Crippen LogP contribution in [-0.2, 0) is 4.79 Å². The normalized spacial score (nSPS) is 15.2. The van der Waals surface area contributed by atoms with Crippen molar-refractivity contribution in [3.63, 3.8) is 0 Å². The zero-order valence-corrected chi connectivity index (χ0v) is 12.6. The van der Waals surface area contributed by atoms with E-state index in [1.807, 2.05) is 0 Å². The Labute approximate surface area is 125 Å². The van der Waals surface area contributed by atoms with Crippen LogP contribution in [0.25, 0.3) is 0 Å². The molecule has 0 bridgehead atoms. The van der Waals surface area contributed by atoms with Gasteiger partial charge >= 0.3 is 0 Å². The maximum atomic E-state index is 11.9. The van der Waals surface area contributed by atoms with Gasteiger partial charge in [-0.15, -0.1) is 0 Å². The minimum absolute atomic E-state index is 0.00122. The molecule has 1 aromatic rings. The van der Waals surface area contributed by atoms with Crippen LogP contribution in [0.1, 0.15) is 32.1 Å². The number of hydrogen-bond acceptors (Lipinski definition) is 3. The summed E-state index contributed by atoms with van der Waals surface area (Å²) in [7, 11) is 2.14. The molecule has 1 aliphatic carbocycles. The zero-order chi connectivity index (χ0) is 14.5. The highest BCUT2D eigenvalue weighted by atomic mass is 35.5. The minimum atomic E-state index is -0.00122. The SMILES string of the molecule is CN(CCCC(=O)Nc1ccc(N)cc1Cl)C1CCC1. The van der Waals surface area contributed by atoms with Crippen LogP contribution in [0.4, 0.5) is 11.4 Å². The lowest BCUT2D eigenvalue weighted by molar-refractivity contribution is -0.116. The fourth-order valence-electron chi connectivity index (χ4n) is 2.34. The molecule has 0 atom stereocenters. The average Bonchev–Trinajstić information content (AvgIpc) is 2.30. The Balaban J connectivity index is 1.72. The molecule has 1 aromatic carbocycles. The Morgan fingerprint density at radius 3 is 2.85 bits per heavy atom. The van der Waals surface area contributed by atoms with E-state index in [9.17, 15) is 4.79 Å². The lowest BCUT2D eigenvalue weighted by atomic mass is 9.92. The highest BCUT2D eigenvalue weighted by Crippen LogP contribution is 2.25. The van der Waals surface area contributed by atoms with E-state index in [0.29, 0.717) is 22.8 Å². The number of amides is 1. The second-order valence-corrected chi connectivity index (χ2v) is 5.86. The summed E-state index contributed by atoms with van der Waals surface area (Å²) >= 11 is 6.02. The van der Waals surface area contributed by atoms with Crippen molar-refractivity contribution in [2.45, 2.75) is 38.1 Å². The monoisotopic (exact) mass is 295 g/mol. The van der Waals surface area contributed by atoms with E-state index in [1.165, 1.54) is 19.3 Å². The summed E-state index contributed by atoms with van der Waals surface area (Å²) < 4.78 is 0. The van der Waals surface area contributed by atoms with Gasteiger partial charge in [0.25, 0.3) is 0 Å². The molecule has 0 saturated heterocycles. The number of nitrogens with zero attached hydrogens (tertiary/aromatic N) is 1. The van der Waals surface area contributed by atoms with E-state index in [4.69, 9.17) is 17.3 Å². The largest absolute Gasteiger partial charge is 0.399 e. The van der Waals surface area contributed by atoms with Gasteiger partial charge in [0.15, 0.2) is 0 Å². The first kappa shape index (κ1) is 15.1. The van der Waals surface area contributed by atoms with E-state index in [0.717, 1.165) is 19.0 Å². The van der Waals surface area contributed by atoms with E-state index in [-0.39, 0.29) is 5.91 Å². The quantitative estimate of drug-likeness (QED) is 0.793. The molecule has 3 N–H and O–H groups in total. The number of halogens is 1. The molecular weight excluding hydrogens is 274 g/mol. The fourth-order valence-corrected chi connectivity index (χ4v) is 2.58. The third kappa shape index (κ3) is 4.12. The number of nitrogen functional groups attached to an aromatic ring is 1. The van der Waals surface area contributed by atoms with Crippen LogP contribution in [0.2, 0.25) is 5.02 Å². The van der Waals surface area contributed by atoms with Crippen LogP contribution in [0.15, 0.2) is 18.2 Å². The second-order valence-electron chi connectivity index (χ2n) is 5.46. The molecule has 1 aliphatic rings. The molecule has 1 amide bonds. The van der Waals surface area contributed by atoms with Gasteiger partial charge in [0, 0.05) is 18.2 Å². The third-order valence-electron chi connectivity index (χ3n) is 3.88. The lowest BCUT2D eigenvalue weighted by Crippen LogP contribution is -2.37. The van der Waals surface area contributed by atoms with Crippen molar-refractivity contribution in [2.75, 3.05) is 24.6 Å². The number of carbonyl (C=O) groups excluding carboxylic acids is 1. The number of nitrogens with two attached hydrogens (primary N) is 1. The molecule has 4 nitrogen and oxygen atoms in total. The van der Waals surface area contributed by atoms with Crippen LogP contribution in [0.5, 0.6) is 0 Å². The molecule has 0 spiro atoms. The summed E-state index contributed by atoms with van der Waals surface area (Å²) in [5, 5.41) is 3.30. The smallest absolute Gasteiger partial charge is 0.224 e. The van der Waals surface area contributed by atoms with Crippen LogP contribution in [-0.4, -0.2) is 30.4 Å². The van der Waals surface area contributed by atoms with E-state index in [1.54, 1.807) is 18.2 Å². The summed E-state index contributed by atoms with van der Waals surface area (Å²) in [5.74, 6) is -0.00122. The molecule has 1 saturated carbocycles. The maximum absolute atomic E-state index is 11.9. The molecule has 0 aromatic heterocycles. The third-order valence-corrected chi connectivity index (χ3v) is 4.19. The van der Waals surface area contributed by atoms with Gasteiger partial charge in [0.2, 0.25) is 5.91 Å². The lowest BCUT2D eigenvalue weighted by Gasteiger charge is -2.34. The number of nitrogens with one attached hydrogen (secondary N) is 1. The second kappa shape index (κ2) is 6.95. The van der Waals surface area contributed by atoms with Crippen molar-refractivity contribution >= 4 is 28.9 Å². The molecule has 1 fully saturated rings. The highest BCUT2D eigenvalue weighted by molar-refractivity contribution is 6.34. The number of hydrogen-bond donors (Lipinski definition) is 2. The first-order chi connectivity index (χ1) is 9.56. The van der Waals surface area contributed by atoms with Crippen LogP contribution >= 0.6 is 11.6 Å². The maximum Gasteiger partial charge on any atom is 0.224 e. The Kier molecular flexibility index (Phi) is 5.26. The van der Waals surface area contributed by atoms with Gasteiger partial charge in [-0.05, 0) is 51.1 Å². The Bertz CT molecular complexity index is 474. The van der Waals surface area contributed by atoms with Crippen molar-refractivity contribution in [2.24, 2.45) is 0 Å². The topological polar surface area (TPSA) is 58.4 Å². The number of anilines is 2. The number of benzene rings is 1. The summed E-state index contributed by atoms with van der Waals surface area (Å²) in [6.07, 6.45) is 5.31. The molecule has 5 heteroatoms. The molecule has 0 aliphatic heterocycles. The van der Waals surface area contributed by atoms with Gasteiger partial charge in [0.1, 0.15) is 0 Å². The predicted molar refractivity (Wildman–Crippen MR) is 84.0 cm³/mol. The number of carbonyl (C=O) groups is 1. The van der Waals surface area contributed by atoms with Gasteiger partial charge in [-0.3, -0.25) is 4.79 Å². The minimum Gasteiger partial charge on any atom is -0.399 e. The van der Waals surface area contributed by atoms with Gasteiger partial charge in [0.05, 0.1) is 10.7 Å². The van der Waals surface area contributed by atoms with Crippen LogP contribution in [0.3, 0.4) is 0 Å². The van der Waals surface area contributed by atoms with Gasteiger partial charge in [-0.25, -0.2) is 0 Å². The molecule has 110 valence electrons.